The van der Waals surface area contributed by atoms with Crippen molar-refractivity contribution in [3.8, 4) is 5.88 Å². The molecule has 1 unspecified atom stereocenters. The van der Waals surface area contributed by atoms with Gasteiger partial charge in [-0.1, -0.05) is 60.8 Å². The number of alkyl halides is 6. The van der Waals surface area contributed by atoms with Crippen LogP contribution < -0.4 is 25.2 Å². The molecule has 0 spiro atoms. The van der Waals surface area contributed by atoms with Crippen molar-refractivity contribution in [2.24, 2.45) is 23.7 Å². The topological polar surface area (TPSA) is 153 Å². The van der Waals surface area contributed by atoms with Gasteiger partial charge in [0.2, 0.25) is 17.8 Å². The quantitative estimate of drug-likeness (QED) is 0.132. The molecule has 4 bridgehead atoms. The number of rotatable bonds is 9. The molecule has 386 valence electrons. The molecule has 6 aromatic rings. The first-order chi connectivity index (χ1) is 35.2. The van der Waals surface area contributed by atoms with Crippen molar-refractivity contribution in [1.82, 2.24) is 49.9 Å². The van der Waals surface area contributed by atoms with Crippen LogP contribution in [0.1, 0.15) is 110 Å². The molecule has 4 aromatic heterocycles. The number of ether oxygens (including phenoxy) is 1. The number of anilines is 4. The number of fused-ring (bicyclic) bond motifs is 6. The van der Waals surface area contributed by atoms with Crippen LogP contribution in [0.25, 0.3) is 0 Å². The fourth-order valence-corrected chi connectivity index (χ4v) is 12.6. The highest BCUT2D eigenvalue weighted by molar-refractivity contribution is 6.29. The number of aryl methyl sites for hydroxylation is 2. The summed E-state index contributed by atoms with van der Waals surface area (Å²) in [7, 11) is 1.59. The van der Waals surface area contributed by atoms with Gasteiger partial charge in [-0.2, -0.15) is 46.5 Å². The number of halogens is 7. The highest BCUT2D eigenvalue weighted by Gasteiger charge is 2.45. The van der Waals surface area contributed by atoms with Crippen molar-refractivity contribution in [1.29, 1.82) is 0 Å². The van der Waals surface area contributed by atoms with Crippen LogP contribution in [0.2, 0.25) is 5.15 Å². The van der Waals surface area contributed by atoms with E-state index in [9.17, 15) is 26.3 Å². The van der Waals surface area contributed by atoms with Gasteiger partial charge < -0.3 is 25.2 Å². The molecular weight excluding hydrogens is 974 g/mol. The van der Waals surface area contributed by atoms with Crippen molar-refractivity contribution < 1.29 is 31.1 Å². The first kappa shape index (κ1) is 49.0. The summed E-state index contributed by atoms with van der Waals surface area (Å²) in [5.74, 6) is 4.46. The number of aromatic nitrogens is 10. The Morgan fingerprint density at radius 3 is 1.47 bits per heavy atom. The molecule has 6 aliphatic rings. The molecule has 22 heteroatoms. The van der Waals surface area contributed by atoms with E-state index in [2.05, 4.69) is 40.8 Å². The van der Waals surface area contributed by atoms with E-state index in [4.69, 9.17) is 36.5 Å². The van der Waals surface area contributed by atoms with Crippen molar-refractivity contribution in [3.05, 3.63) is 112 Å². The maximum absolute atomic E-state index is 13.4. The molecule has 4 aliphatic heterocycles. The van der Waals surface area contributed by atoms with Gasteiger partial charge in [0.1, 0.15) is 11.6 Å². The average molecular weight is 1030 g/mol. The Hall–Kier alpha value is -6.25. The molecule has 2 N–H and O–H groups in total. The summed E-state index contributed by atoms with van der Waals surface area (Å²) in [4.78, 5) is 14.4. The molecule has 2 saturated carbocycles. The van der Waals surface area contributed by atoms with Crippen molar-refractivity contribution >= 4 is 34.9 Å². The lowest BCUT2D eigenvalue weighted by atomic mass is 9.92. The monoisotopic (exact) mass is 1030 g/mol. The Morgan fingerprint density at radius 2 is 1.03 bits per heavy atom. The summed E-state index contributed by atoms with van der Waals surface area (Å²) in [5.41, 5.74) is 2.04. The van der Waals surface area contributed by atoms with Gasteiger partial charge in [0, 0.05) is 75.3 Å². The van der Waals surface area contributed by atoms with E-state index < -0.39 is 23.5 Å². The normalized spacial score (nSPS) is 25.7. The molecule has 15 nitrogen and oxygen atoms in total. The number of nitrogens with zero attached hydrogens (tertiary/aromatic N) is 12. The van der Waals surface area contributed by atoms with Crippen molar-refractivity contribution in [3.63, 3.8) is 0 Å². The minimum absolute atomic E-state index is 0.208. The number of hydrogen-bond acceptors (Lipinski definition) is 13. The van der Waals surface area contributed by atoms with E-state index in [1.165, 1.54) is 24.3 Å². The van der Waals surface area contributed by atoms with Crippen LogP contribution in [0.4, 0.5) is 49.6 Å². The second-order valence-electron chi connectivity index (χ2n) is 20.4. The first-order valence-corrected chi connectivity index (χ1v) is 25.7. The highest BCUT2D eigenvalue weighted by Crippen LogP contribution is 2.44. The number of methoxy groups -OCH3 is 1. The van der Waals surface area contributed by atoms with Crippen LogP contribution in [0, 0.1) is 23.7 Å². The van der Waals surface area contributed by atoms with E-state index in [-0.39, 0.29) is 23.9 Å². The highest BCUT2D eigenvalue weighted by atomic mass is 35.5. The lowest BCUT2D eigenvalue weighted by Crippen LogP contribution is -2.48. The Morgan fingerprint density at radius 1 is 0.575 bits per heavy atom. The first-order valence-electron chi connectivity index (χ1n) is 25.4. The van der Waals surface area contributed by atoms with Crippen LogP contribution in [0.5, 0.6) is 5.88 Å². The predicted octanol–water partition coefficient (Wildman–Crippen LogP) is 10.1. The lowest BCUT2D eigenvalue weighted by molar-refractivity contribution is -0.138. The van der Waals surface area contributed by atoms with Crippen molar-refractivity contribution in [2.45, 2.75) is 114 Å². The van der Waals surface area contributed by atoms with Crippen molar-refractivity contribution in [2.75, 3.05) is 53.7 Å². The molecule has 2 saturated heterocycles. The molecule has 12 rings (SSSR count). The number of benzene rings is 2. The average Bonchev–Trinajstić information content (AvgIpc) is 3.99. The van der Waals surface area contributed by atoms with Gasteiger partial charge in [-0.05, 0) is 98.3 Å². The summed E-state index contributed by atoms with van der Waals surface area (Å²) in [6, 6.07) is 15.6. The van der Waals surface area contributed by atoms with E-state index in [1.807, 2.05) is 21.5 Å². The maximum atomic E-state index is 13.4. The minimum atomic E-state index is -4.37. The van der Waals surface area contributed by atoms with Crippen LogP contribution in [-0.2, 0) is 25.4 Å². The molecule has 2 aromatic carbocycles. The molecular formula is C51H57ClF6N14O. The third-order valence-corrected chi connectivity index (χ3v) is 16.1. The van der Waals surface area contributed by atoms with Gasteiger partial charge in [0.25, 0.3) is 0 Å². The van der Waals surface area contributed by atoms with Gasteiger partial charge in [-0.25, -0.2) is 9.36 Å². The fourth-order valence-electron chi connectivity index (χ4n) is 12.4. The van der Waals surface area contributed by atoms with E-state index >= 15 is 0 Å². The molecule has 2 aliphatic carbocycles. The van der Waals surface area contributed by atoms with E-state index in [0.717, 1.165) is 139 Å². The zero-order chi connectivity index (χ0) is 50.4. The van der Waals surface area contributed by atoms with E-state index in [1.54, 1.807) is 31.6 Å². The zero-order valence-electron chi connectivity index (χ0n) is 40.3. The second kappa shape index (κ2) is 20.2. The van der Waals surface area contributed by atoms with Gasteiger partial charge in [0.15, 0.2) is 5.15 Å². The van der Waals surface area contributed by atoms with Crippen LogP contribution >= 0.6 is 11.6 Å². The zero-order valence-corrected chi connectivity index (χ0v) is 41.0. The lowest BCUT2D eigenvalue weighted by Gasteiger charge is -2.39. The molecule has 8 atom stereocenters. The number of hydrogen-bond donors (Lipinski definition) is 2. The molecule has 73 heavy (non-hydrogen) atoms. The standard InChI is InChI=1S/C26H30F3N7O.C25H27ClF3N7/c1-37-22-12-20(13-30-33-22)35-14-17-8-9-18(15-35)23(17)31-25-32-24-21(7-2-3-10-36(24)34-25)16-5-4-6-19(11-16)26(27,28)29;26-21-11-19(12-30-33-21)35-13-16-7-8-17(14-35)22(16)31-24-32-23-20(6-1-2-9-36(23)34-24)15-4-3-5-18(10-15)25(27,28)29/h4-6,11-13,17-18,21,23H,2-3,7-10,14-15H2,1H3,(H,31,34);3-5,10-12,16-17,20,22H,1-2,6-9,13-14H2,(H,31,34)/t17-,18+,21?,23+;16-,17+,20-,22+/m.1/s1. The minimum Gasteiger partial charge on any atom is -0.480 e. The summed E-state index contributed by atoms with van der Waals surface area (Å²) >= 11 is 6.05. The number of nitrogens with one attached hydrogen (secondary N) is 2. The fraction of sp³-hybridized carbons (Fsp3) is 0.529. The Balaban J connectivity index is 0.000000157. The summed E-state index contributed by atoms with van der Waals surface area (Å²) in [6.07, 6.45) is 4.48. The summed E-state index contributed by atoms with van der Waals surface area (Å²) in [5, 5.41) is 33.0. The molecule has 4 fully saturated rings. The Bertz CT molecular complexity index is 2870. The van der Waals surface area contributed by atoms with Gasteiger partial charge in [-0.3, -0.25) is 0 Å². The Labute approximate surface area is 423 Å². The van der Waals surface area contributed by atoms with Gasteiger partial charge >= 0.3 is 12.4 Å². The third-order valence-electron chi connectivity index (χ3n) is 15.9. The maximum Gasteiger partial charge on any atom is 0.416 e. The smallest absolute Gasteiger partial charge is 0.416 e. The van der Waals surface area contributed by atoms with Crippen LogP contribution in [0.15, 0.2) is 73.1 Å². The number of piperidine rings is 2. The predicted molar refractivity (Wildman–Crippen MR) is 262 cm³/mol. The molecule has 0 radical (unpaired) electrons. The van der Waals surface area contributed by atoms with Gasteiger partial charge in [-0.15, -0.1) is 20.4 Å². The van der Waals surface area contributed by atoms with Crippen LogP contribution in [0.3, 0.4) is 0 Å². The molecule has 8 heterocycles. The van der Waals surface area contributed by atoms with Crippen LogP contribution in [-0.4, -0.2) is 95.3 Å². The summed E-state index contributed by atoms with van der Waals surface area (Å²) in [6.45, 7) is 5.00. The van der Waals surface area contributed by atoms with Gasteiger partial charge in [0.05, 0.1) is 42.0 Å². The SMILES string of the molecule is COc1cc(N2C[C@H]3CC[C@@H](C2)[C@H]3Nc2nc3n(n2)CCCCC3c2cccc(C(F)(F)F)c2)cnn1.FC(F)(F)c1cccc([C@H]2CCCCn3nc(N[C@H]4[C@@H]5CC[C@H]4CN(c4cnnc(Cl)c4)C5)nc32)c1. The summed E-state index contributed by atoms with van der Waals surface area (Å²) < 4.78 is 89.2. The van der Waals surface area contributed by atoms with E-state index in [0.29, 0.717) is 57.7 Å². The third kappa shape index (κ3) is 10.5. The second-order valence-corrected chi connectivity index (χ2v) is 20.8. The Kier molecular flexibility index (Phi) is 13.6. The molecule has 0 amide bonds. The largest absolute Gasteiger partial charge is 0.480 e.